The van der Waals surface area contributed by atoms with Gasteiger partial charge >= 0.3 is 0 Å². The highest BCUT2D eigenvalue weighted by molar-refractivity contribution is 7.15. The Morgan fingerprint density at radius 3 is 2.67 bits per heavy atom. The number of rotatable bonds is 5. The molecule has 0 spiro atoms. The van der Waals surface area contributed by atoms with Crippen LogP contribution in [0.15, 0.2) is 40.8 Å². The lowest BCUT2D eigenvalue weighted by molar-refractivity contribution is 0.0992. The van der Waals surface area contributed by atoms with Crippen molar-refractivity contribution >= 4 is 34.0 Å². The molecule has 24 heavy (non-hydrogen) atoms. The van der Waals surface area contributed by atoms with Crippen LogP contribution in [0.2, 0.25) is 5.02 Å². The Kier molecular flexibility index (Phi) is 4.87. The number of aryl methyl sites for hydroxylation is 2. The van der Waals surface area contributed by atoms with Crippen LogP contribution in [0.3, 0.4) is 0 Å². The van der Waals surface area contributed by atoms with Gasteiger partial charge in [0.1, 0.15) is 18.1 Å². The number of hydrogen-bond donors (Lipinski definition) is 1. The van der Waals surface area contributed by atoms with Crippen molar-refractivity contribution in [3.8, 4) is 5.75 Å². The second kappa shape index (κ2) is 7.07. The Hall–Kier alpha value is -2.31. The summed E-state index contributed by atoms with van der Waals surface area (Å²) < 4.78 is 11.1. The monoisotopic (exact) mass is 362 g/mol. The highest BCUT2D eigenvalue weighted by Gasteiger charge is 2.14. The molecule has 2 heterocycles. The first-order chi connectivity index (χ1) is 11.5. The van der Waals surface area contributed by atoms with E-state index in [1.165, 1.54) is 11.3 Å². The molecule has 0 radical (unpaired) electrons. The smallest absolute Gasteiger partial charge is 0.293 e. The highest BCUT2D eigenvalue weighted by atomic mass is 35.5. The Bertz CT molecular complexity index is 836. The van der Waals surface area contributed by atoms with Crippen LogP contribution in [0, 0.1) is 13.8 Å². The third kappa shape index (κ3) is 3.96. The summed E-state index contributed by atoms with van der Waals surface area (Å²) in [6, 6.07) is 10.4. The summed E-state index contributed by atoms with van der Waals surface area (Å²) in [6.07, 6.45) is 0. The number of aromatic nitrogens is 1. The van der Waals surface area contributed by atoms with E-state index in [-0.39, 0.29) is 18.3 Å². The number of halogens is 1. The molecule has 3 rings (SSSR count). The molecule has 7 heteroatoms. The van der Waals surface area contributed by atoms with Gasteiger partial charge in [0.2, 0.25) is 0 Å². The van der Waals surface area contributed by atoms with E-state index in [1.807, 2.05) is 13.8 Å². The van der Waals surface area contributed by atoms with Gasteiger partial charge in [-0.2, -0.15) is 0 Å². The Balaban J connectivity index is 1.60. The number of furan rings is 1. The average Bonchev–Trinajstić information content (AvgIpc) is 3.14. The topological polar surface area (TPSA) is 64.4 Å². The van der Waals surface area contributed by atoms with Gasteiger partial charge in [-0.05, 0) is 50.2 Å². The zero-order chi connectivity index (χ0) is 17.1. The van der Waals surface area contributed by atoms with Crippen molar-refractivity contribution in [2.24, 2.45) is 0 Å². The van der Waals surface area contributed by atoms with Crippen LogP contribution in [0.5, 0.6) is 5.75 Å². The minimum Gasteiger partial charge on any atom is -0.486 e. The number of thiazole rings is 1. The third-order valence-corrected chi connectivity index (χ3v) is 4.57. The van der Waals surface area contributed by atoms with Crippen LogP contribution >= 0.6 is 22.9 Å². The summed E-state index contributed by atoms with van der Waals surface area (Å²) in [5.74, 6) is 1.12. The summed E-state index contributed by atoms with van der Waals surface area (Å²) in [6.45, 7) is 4.09. The fourth-order valence-corrected chi connectivity index (χ4v) is 2.88. The van der Waals surface area contributed by atoms with Crippen molar-refractivity contribution in [3.05, 3.63) is 63.5 Å². The largest absolute Gasteiger partial charge is 0.486 e. The van der Waals surface area contributed by atoms with Crippen LogP contribution in [-0.4, -0.2) is 10.9 Å². The van der Waals surface area contributed by atoms with Gasteiger partial charge in [0.05, 0.1) is 5.69 Å². The molecule has 0 bridgehead atoms. The molecular weight excluding hydrogens is 348 g/mol. The zero-order valence-electron chi connectivity index (χ0n) is 13.1. The number of carbonyl (C=O) groups excluding carboxylic acids is 1. The first-order valence-electron chi connectivity index (χ1n) is 7.24. The van der Waals surface area contributed by atoms with E-state index in [4.69, 9.17) is 20.8 Å². The fraction of sp³-hybridized carbons (Fsp3) is 0.176. The van der Waals surface area contributed by atoms with E-state index in [0.29, 0.717) is 21.7 Å². The number of ether oxygens (including phenoxy) is 1. The second-order valence-corrected chi connectivity index (χ2v) is 6.76. The van der Waals surface area contributed by atoms with E-state index < -0.39 is 0 Å². The molecule has 1 N–H and O–H groups in total. The van der Waals surface area contributed by atoms with Gasteiger partial charge in [0, 0.05) is 9.90 Å². The number of hydrogen-bond acceptors (Lipinski definition) is 5. The fourth-order valence-electron chi connectivity index (χ4n) is 1.95. The van der Waals surface area contributed by atoms with Gasteiger partial charge in [-0.3, -0.25) is 10.1 Å². The summed E-state index contributed by atoms with van der Waals surface area (Å²) in [7, 11) is 0. The Morgan fingerprint density at radius 2 is 2.00 bits per heavy atom. The molecule has 1 aromatic carbocycles. The standard InChI is InChI=1S/C17H15ClN2O3S/c1-10-11(2)24-17(19-10)20-16(21)15-8-7-14(23-15)9-22-13-5-3-12(18)4-6-13/h3-8H,9H2,1-2H3,(H,19,20,21). The molecule has 0 unspecified atom stereocenters. The van der Waals surface area contributed by atoms with E-state index in [0.717, 1.165) is 10.6 Å². The number of amides is 1. The molecule has 124 valence electrons. The molecule has 5 nitrogen and oxygen atoms in total. The first-order valence-corrected chi connectivity index (χ1v) is 8.43. The van der Waals surface area contributed by atoms with Crippen LogP contribution in [0.1, 0.15) is 26.9 Å². The molecule has 0 aliphatic rings. The SMILES string of the molecule is Cc1nc(NC(=O)c2ccc(COc3ccc(Cl)cc3)o2)sc1C. The molecule has 0 aliphatic carbocycles. The molecule has 0 saturated carbocycles. The molecule has 1 amide bonds. The van der Waals surface area contributed by atoms with Crippen molar-refractivity contribution in [1.82, 2.24) is 4.98 Å². The lowest BCUT2D eigenvalue weighted by Gasteiger charge is -2.03. The molecule has 0 fully saturated rings. The quantitative estimate of drug-likeness (QED) is 0.705. The maximum absolute atomic E-state index is 12.2. The summed E-state index contributed by atoms with van der Waals surface area (Å²) in [5.41, 5.74) is 0.909. The number of nitrogens with zero attached hydrogens (tertiary/aromatic N) is 1. The predicted molar refractivity (Wildman–Crippen MR) is 94.0 cm³/mol. The minimum atomic E-state index is -0.332. The van der Waals surface area contributed by atoms with Crippen LogP contribution in [0.4, 0.5) is 5.13 Å². The first kappa shape index (κ1) is 16.5. The van der Waals surface area contributed by atoms with Crippen LogP contribution in [-0.2, 0) is 6.61 Å². The van der Waals surface area contributed by atoms with E-state index in [1.54, 1.807) is 36.4 Å². The van der Waals surface area contributed by atoms with Gasteiger partial charge in [0.25, 0.3) is 5.91 Å². The van der Waals surface area contributed by atoms with Gasteiger partial charge in [-0.1, -0.05) is 11.6 Å². The number of carbonyl (C=O) groups is 1. The number of anilines is 1. The number of nitrogens with one attached hydrogen (secondary N) is 1. The predicted octanol–water partition coefficient (Wildman–Crippen LogP) is 4.84. The van der Waals surface area contributed by atoms with Gasteiger partial charge in [-0.15, -0.1) is 11.3 Å². The maximum Gasteiger partial charge on any atom is 0.293 e. The van der Waals surface area contributed by atoms with Gasteiger partial charge < -0.3 is 9.15 Å². The molecule has 0 aliphatic heterocycles. The van der Waals surface area contributed by atoms with Crippen molar-refractivity contribution in [2.45, 2.75) is 20.5 Å². The summed E-state index contributed by atoms with van der Waals surface area (Å²) >= 11 is 7.25. The van der Waals surface area contributed by atoms with Crippen LogP contribution < -0.4 is 10.1 Å². The van der Waals surface area contributed by atoms with E-state index in [9.17, 15) is 4.79 Å². The lowest BCUT2D eigenvalue weighted by Crippen LogP contribution is -2.10. The zero-order valence-corrected chi connectivity index (χ0v) is 14.7. The number of benzene rings is 1. The van der Waals surface area contributed by atoms with Crippen LogP contribution in [0.25, 0.3) is 0 Å². The molecule has 3 aromatic rings. The molecule has 0 atom stereocenters. The minimum absolute atomic E-state index is 0.218. The Morgan fingerprint density at radius 1 is 1.25 bits per heavy atom. The molecule has 0 saturated heterocycles. The van der Waals surface area contributed by atoms with Gasteiger partial charge in [-0.25, -0.2) is 4.98 Å². The van der Waals surface area contributed by atoms with Gasteiger partial charge in [0.15, 0.2) is 10.9 Å². The highest BCUT2D eigenvalue weighted by Crippen LogP contribution is 2.22. The van der Waals surface area contributed by atoms with Crippen molar-refractivity contribution in [1.29, 1.82) is 0 Å². The lowest BCUT2D eigenvalue weighted by atomic mass is 10.3. The third-order valence-electron chi connectivity index (χ3n) is 3.33. The molecule has 2 aromatic heterocycles. The maximum atomic E-state index is 12.2. The molecular formula is C17H15ClN2O3S. The summed E-state index contributed by atoms with van der Waals surface area (Å²) in [4.78, 5) is 17.5. The van der Waals surface area contributed by atoms with Crippen molar-refractivity contribution in [3.63, 3.8) is 0 Å². The van der Waals surface area contributed by atoms with E-state index in [2.05, 4.69) is 10.3 Å². The van der Waals surface area contributed by atoms with Crippen molar-refractivity contribution < 1.29 is 13.9 Å². The summed E-state index contributed by atoms with van der Waals surface area (Å²) in [5, 5.41) is 3.94. The van der Waals surface area contributed by atoms with E-state index >= 15 is 0 Å². The van der Waals surface area contributed by atoms with Crippen molar-refractivity contribution in [2.75, 3.05) is 5.32 Å². The Labute approximate surface area is 148 Å². The average molecular weight is 363 g/mol. The normalized spacial score (nSPS) is 10.6. The second-order valence-electron chi connectivity index (χ2n) is 5.12.